The van der Waals surface area contributed by atoms with Crippen LogP contribution in [0.25, 0.3) is 0 Å². The molecular weight excluding hydrogens is 256 g/mol. The van der Waals surface area contributed by atoms with Crippen molar-refractivity contribution in [3.05, 3.63) is 0 Å². The second-order valence-electron chi connectivity index (χ2n) is 4.05. The minimum Gasteiger partial charge on any atom is -0.234 e. The molecule has 0 saturated heterocycles. The monoisotopic (exact) mass is 272 g/mol. The maximum absolute atomic E-state index is 11.1. The lowest BCUT2D eigenvalue weighted by Crippen LogP contribution is -2.41. The van der Waals surface area contributed by atoms with Crippen molar-refractivity contribution in [3.8, 4) is 0 Å². The number of rotatable bonds is 4. The van der Waals surface area contributed by atoms with Crippen molar-refractivity contribution >= 4 is 20.2 Å². The molecule has 0 bridgehead atoms. The molecule has 0 N–H and O–H groups in total. The fourth-order valence-electron chi connectivity index (χ4n) is 1.82. The van der Waals surface area contributed by atoms with E-state index in [1.165, 1.54) is 0 Å². The molecule has 0 atom stereocenters. The average molecular weight is 272 g/mol. The van der Waals surface area contributed by atoms with E-state index in [1.807, 2.05) is 0 Å². The molecule has 0 amide bonds. The molecule has 1 aliphatic rings. The minimum absolute atomic E-state index is 0.271. The molecular formula is C8H16O6S2. The minimum atomic E-state index is -3.74. The molecule has 0 aromatic rings. The largest absolute Gasteiger partial charge is 0.267 e. The predicted molar refractivity (Wildman–Crippen MR) is 57.7 cm³/mol. The molecule has 0 unspecified atom stereocenters. The maximum Gasteiger partial charge on any atom is 0.267 e. The Labute approximate surface area is 96.2 Å². The molecule has 1 aliphatic carbocycles. The van der Waals surface area contributed by atoms with E-state index >= 15 is 0 Å². The molecule has 16 heavy (non-hydrogen) atoms. The van der Waals surface area contributed by atoms with E-state index in [0.717, 1.165) is 18.9 Å². The molecule has 8 heteroatoms. The van der Waals surface area contributed by atoms with Gasteiger partial charge in [0.2, 0.25) is 5.79 Å². The highest BCUT2D eigenvalue weighted by atomic mass is 32.2. The molecule has 96 valence electrons. The van der Waals surface area contributed by atoms with Gasteiger partial charge >= 0.3 is 0 Å². The first-order chi connectivity index (χ1) is 7.12. The lowest BCUT2D eigenvalue weighted by Gasteiger charge is -2.33. The van der Waals surface area contributed by atoms with Crippen LogP contribution >= 0.6 is 0 Å². The zero-order valence-corrected chi connectivity index (χ0v) is 10.9. The number of hydrogen-bond acceptors (Lipinski definition) is 6. The lowest BCUT2D eigenvalue weighted by atomic mass is 9.95. The van der Waals surface area contributed by atoms with Gasteiger partial charge in [-0.15, -0.1) is 0 Å². The highest BCUT2D eigenvalue weighted by molar-refractivity contribution is 7.86. The summed E-state index contributed by atoms with van der Waals surface area (Å²) in [6.45, 7) is 0. The van der Waals surface area contributed by atoms with Crippen LogP contribution in [0, 0.1) is 0 Å². The Morgan fingerprint density at radius 1 is 0.812 bits per heavy atom. The Hall–Kier alpha value is -0.180. The van der Waals surface area contributed by atoms with Gasteiger partial charge in [-0.3, -0.25) is 0 Å². The highest BCUT2D eigenvalue weighted by Crippen LogP contribution is 2.35. The van der Waals surface area contributed by atoms with Crippen molar-refractivity contribution in [2.24, 2.45) is 0 Å². The normalized spacial score (nSPS) is 21.9. The molecule has 0 heterocycles. The van der Waals surface area contributed by atoms with E-state index in [2.05, 4.69) is 0 Å². The summed E-state index contributed by atoms with van der Waals surface area (Å²) in [7, 11) is -7.49. The summed E-state index contributed by atoms with van der Waals surface area (Å²) < 4.78 is 54.0. The summed E-state index contributed by atoms with van der Waals surface area (Å²) in [5, 5.41) is 0. The van der Waals surface area contributed by atoms with E-state index in [-0.39, 0.29) is 12.8 Å². The molecule has 0 spiro atoms. The quantitative estimate of drug-likeness (QED) is 0.550. The van der Waals surface area contributed by atoms with Crippen LogP contribution in [0.5, 0.6) is 0 Å². The Morgan fingerprint density at radius 2 is 1.19 bits per heavy atom. The second-order valence-corrected chi connectivity index (χ2v) is 7.20. The standard InChI is InChI=1S/C8H16O6S2/c1-15(9,10)13-8(14-16(2,11)12)6-4-3-5-7-8/h3-7H2,1-2H3. The van der Waals surface area contributed by atoms with E-state index in [1.54, 1.807) is 0 Å². The van der Waals surface area contributed by atoms with Crippen LogP contribution in [0.15, 0.2) is 0 Å². The van der Waals surface area contributed by atoms with Crippen LogP contribution in [0.1, 0.15) is 32.1 Å². The summed E-state index contributed by atoms with van der Waals surface area (Å²) in [6, 6.07) is 0. The molecule has 0 aromatic carbocycles. The molecule has 0 aromatic heterocycles. The van der Waals surface area contributed by atoms with Crippen LogP contribution in [0.4, 0.5) is 0 Å². The zero-order valence-electron chi connectivity index (χ0n) is 9.30. The summed E-state index contributed by atoms with van der Waals surface area (Å²) in [5.74, 6) is -1.53. The van der Waals surface area contributed by atoms with Crippen LogP contribution < -0.4 is 0 Å². The van der Waals surface area contributed by atoms with Crippen molar-refractivity contribution in [1.82, 2.24) is 0 Å². The van der Waals surface area contributed by atoms with E-state index in [4.69, 9.17) is 8.37 Å². The van der Waals surface area contributed by atoms with Gasteiger partial charge in [0.15, 0.2) is 0 Å². The van der Waals surface area contributed by atoms with Crippen molar-refractivity contribution in [3.63, 3.8) is 0 Å². The topological polar surface area (TPSA) is 86.7 Å². The first-order valence-corrected chi connectivity index (χ1v) is 8.56. The first-order valence-electron chi connectivity index (χ1n) is 4.93. The van der Waals surface area contributed by atoms with Gasteiger partial charge < -0.3 is 0 Å². The van der Waals surface area contributed by atoms with E-state index in [9.17, 15) is 16.8 Å². The van der Waals surface area contributed by atoms with Gasteiger partial charge in [0, 0.05) is 12.8 Å². The molecule has 1 rings (SSSR count). The van der Waals surface area contributed by atoms with Crippen molar-refractivity contribution in [2.75, 3.05) is 12.5 Å². The summed E-state index contributed by atoms with van der Waals surface area (Å²) in [5.41, 5.74) is 0. The smallest absolute Gasteiger partial charge is 0.234 e. The van der Waals surface area contributed by atoms with Crippen LogP contribution in [-0.4, -0.2) is 35.1 Å². The third-order valence-corrected chi connectivity index (χ3v) is 3.43. The first kappa shape index (κ1) is 13.9. The Morgan fingerprint density at radius 3 is 1.50 bits per heavy atom. The Bertz CT molecular complexity index is 393. The predicted octanol–water partition coefficient (Wildman–Crippen LogP) is 0.599. The van der Waals surface area contributed by atoms with E-state index in [0.29, 0.717) is 12.8 Å². The van der Waals surface area contributed by atoms with Crippen molar-refractivity contribution in [1.29, 1.82) is 0 Å². The fraction of sp³-hybridized carbons (Fsp3) is 1.00. The molecule has 0 aliphatic heterocycles. The Kier molecular flexibility index (Phi) is 3.99. The molecule has 6 nitrogen and oxygen atoms in total. The Balaban J connectivity index is 2.92. The second kappa shape index (κ2) is 4.59. The van der Waals surface area contributed by atoms with Crippen LogP contribution in [-0.2, 0) is 28.6 Å². The van der Waals surface area contributed by atoms with Gasteiger partial charge in [-0.2, -0.15) is 16.8 Å². The average Bonchev–Trinajstić information content (AvgIpc) is 1.97. The number of hydrogen-bond donors (Lipinski definition) is 0. The molecule has 0 radical (unpaired) electrons. The summed E-state index contributed by atoms with van der Waals surface area (Å²) >= 11 is 0. The summed E-state index contributed by atoms with van der Waals surface area (Å²) in [4.78, 5) is 0. The third-order valence-electron chi connectivity index (χ3n) is 2.22. The molecule has 1 fully saturated rings. The van der Waals surface area contributed by atoms with Gasteiger partial charge in [0.25, 0.3) is 20.2 Å². The fourth-order valence-corrected chi connectivity index (χ4v) is 3.37. The highest BCUT2D eigenvalue weighted by Gasteiger charge is 2.40. The van der Waals surface area contributed by atoms with Crippen molar-refractivity contribution < 1.29 is 25.2 Å². The van der Waals surface area contributed by atoms with Gasteiger partial charge in [-0.05, 0) is 12.8 Å². The van der Waals surface area contributed by atoms with E-state index < -0.39 is 26.0 Å². The SMILES string of the molecule is CS(=O)(=O)OC1(OS(C)(=O)=O)CCCCC1. The van der Waals surface area contributed by atoms with Gasteiger partial charge in [-0.25, -0.2) is 8.37 Å². The summed E-state index contributed by atoms with van der Waals surface area (Å²) in [6.07, 6.45) is 4.60. The van der Waals surface area contributed by atoms with Crippen LogP contribution in [0.2, 0.25) is 0 Å². The van der Waals surface area contributed by atoms with Gasteiger partial charge in [-0.1, -0.05) is 6.42 Å². The van der Waals surface area contributed by atoms with Crippen molar-refractivity contribution in [2.45, 2.75) is 37.9 Å². The third kappa shape index (κ3) is 4.77. The maximum atomic E-state index is 11.1. The lowest BCUT2D eigenvalue weighted by molar-refractivity contribution is -0.127. The van der Waals surface area contributed by atoms with Crippen LogP contribution in [0.3, 0.4) is 0 Å². The van der Waals surface area contributed by atoms with Gasteiger partial charge in [0.1, 0.15) is 0 Å². The van der Waals surface area contributed by atoms with Gasteiger partial charge in [0.05, 0.1) is 12.5 Å². The molecule has 1 saturated carbocycles. The zero-order chi connectivity index (χ0) is 12.4.